The van der Waals surface area contributed by atoms with E-state index in [9.17, 15) is 0 Å². The summed E-state index contributed by atoms with van der Waals surface area (Å²) in [6.45, 7) is 6.85. The lowest BCUT2D eigenvalue weighted by atomic mass is 9.79. The molecule has 19 heavy (non-hydrogen) atoms. The van der Waals surface area contributed by atoms with Crippen LogP contribution in [0.1, 0.15) is 52.0 Å². The normalized spacial score (nSPS) is 27.2. The number of nitrogens with two attached hydrogens (primary N) is 1. The maximum atomic E-state index is 5.97. The summed E-state index contributed by atoms with van der Waals surface area (Å²) in [6.07, 6.45) is 7.30. The number of anilines is 2. The van der Waals surface area contributed by atoms with Crippen LogP contribution in [0.3, 0.4) is 0 Å². The standard InChI is InChI=1S/C15H26N4/c1-4-5-13-14(16)17-9-18-15(13)19-12-7-6-10(2)11(3)8-12/h9-12H,4-8H2,1-3H3,(H3,16,17,18,19). The average Bonchev–Trinajstić information content (AvgIpc) is 2.38. The van der Waals surface area contributed by atoms with Gasteiger partial charge in [0.25, 0.3) is 0 Å². The van der Waals surface area contributed by atoms with Gasteiger partial charge in [-0.1, -0.05) is 27.2 Å². The molecule has 1 aromatic heterocycles. The molecule has 3 N–H and O–H groups in total. The summed E-state index contributed by atoms with van der Waals surface area (Å²) in [6, 6.07) is 0.524. The van der Waals surface area contributed by atoms with Crippen molar-refractivity contribution in [3.8, 4) is 0 Å². The lowest BCUT2D eigenvalue weighted by molar-refractivity contribution is 0.260. The highest BCUT2D eigenvalue weighted by atomic mass is 15.1. The zero-order valence-electron chi connectivity index (χ0n) is 12.3. The van der Waals surface area contributed by atoms with E-state index in [2.05, 4.69) is 36.1 Å². The van der Waals surface area contributed by atoms with Crippen LogP contribution >= 0.6 is 0 Å². The van der Waals surface area contributed by atoms with Crippen LogP contribution in [-0.2, 0) is 6.42 Å². The van der Waals surface area contributed by atoms with Crippen molar-refractivity contribution in [1.82, 2.24) is 9.97 Å². The first-order valence-electron chi connectivity index (χ1n) is 7.47. The Balaban J connectivity index is 2.08. The molecule has 0 aliphatic heterocycles. The molecule has 0 aromatic carbocycles. The van der Waals surface area contributed by atoms with Crippen molar-refractivity contribution in [2.45, 2.75) is 58.9 Å². The van der Waals surface area contributed by atoms with Crippen LogP contribution in [0.15, 0.2) is 6.33 Å². The van der Waals surface area contributed by atoms with E-state index in [0.717, 1.165) is 36.1 Å². The van der Waals surface area contributed by atoms with Crippen molar-refractivity contribution in [2.24, 2.45) is 11.8 Å². The summed E-state index contributed by atoms with van der Waals surface area (Å²) in [5.41, 5.74) is 7.05. The van der Waals surface area contributed by atoms with Gasteiger partial charge in [0.1, 0.15) is 18.0 Å². The predicted octanol–water partition coefficient (Wildman–Crippen LogP) is 3.25. The molecular weight excluding hydrogens is 236 g/mol. The molecule has 0 bridgehead atoms. The van der Waals surface area contributed by atoms with Gasteiger partial charge in [0.05, 0.1) is 0 Å². The van der Waals surface area contributed by atoms with Gasteiger partial charge in [0, 0.05) is 11.6 Å². The third-order valence-electron chi connectivity index (χ3n) is 4.42. The van der Waals surface area contributed by atoms with Gasteiger partial charge in [0.15, 0.2) is 0 Å². The Morgan fingerprint density at radius 3 is 2.74 bits per heavy atom. The van der Waals surface area contributed by atoms with E-state index in [1.54, 1.807) is 6.33 Å². The van der Waals surface area contributed by atoms with Crippen LogP contribution in [0.4, 0.5) is 11.6 Å². The molecule has 0 radical (unpaired) electrons. The summed E-state index contributed by atoms with van der Waals surface area (Å²) >= 11 is 0. The SMILES string of the molecule is CCCc1c(N)ncnc1NC1CCC(C)C(C)C1. The first-order chi connectivity index (χ1) is 9.11. The number of nitrogens with zero attached hydrogens (tertiary/aromatic N) is 2. The van der Waals surface area contributed by atoms with E-state index in [4.69, 9.17) is 5.73 Å². The molecule has 0 amide bonds. The molecule has 2 rings (SSSR count). The molecule has 1 fully saturated rings. The minimum atomic E-state index is 0.524. The van der Waals surface area contributed by atoms with Gasteiger partial charge in [0.2, 0.25) is 0 Å². The summed E-state index contributed by atoms with van der Waals surface area (Å²) < 4.78 is 0. The molecule has 4 heteroatoms. The third-order valence-corrected chi connectivity index (χ3v) is 4.42. The van der Waals surface area contributed by atoms with Gasteiger partial charge in [-0.2, -0.15) is 0 Å². The number of hydrogen-bond donors (Lipinski definition) is 2. The van der Waals surface area contributed by atoms with Crippen molar-refractivity contribution in [3.05, 3.63) is 11.9 Å². The lowest BCUT2D eigenvalue weighted by Gasteiger charge is -2.33. The van der Waals surface area contributed by atoms with Gasteiger partial charge in [-0.3, -0.25) is 0 Å². The maximum Gasteiger partial charge on any atom is 0.134 e. The zero-order valence-corrected chi connectivity index (χ0v) is 12.3. The highest BCUT2D eigenvalue weighted by Gasteiger charge is 2.25. The minimum absolute atomic E-state index is 0.524. The maximum absolute atomic E-state index is 5.97. The van der Waals surface area contributed by atoms with Crippen LogP contribution in [0.25, 0.3) is 0 Å². The molecule has 4 nitrogen and oxygen atoms in total. The second-order valence-electron chi connectivity index (χ2n) is 5.94. The zero-order chi connectivity index (χ0) is 13.8. The smallest absolute Gasteiger partial charge is 0.134 e. The second-order valence-corrected chi connectivity index (χ2v) is 5.94. The fourth-order valence-electron chi connectivity index (χ4n) is 2.92. The molecule has 106 valence electrons. The minimum Gasteiger partial charge on any atom is -0.383 e. The van der Waals surface area contributed by atoms with E-state index in [1.165, 1.54) is 19.3 Å². The lowest BCUT2D eigenvalue weighted by Crippen LogP contribution is -2.31. The second kappa shape index (κ2) is 6.22. The Kier molecular flexibility index (Phi) is 4.61. The van der Waals surface area contributed by atoms with Gasteiger partial charge in [-0.05, 0) is 37.5 Å². The summed E-state index contributed by atoms with van der Waals surface area (Å²) in [7, 11) is 0. The first-order valence-corrected chi connectivity index (χ1v) is 7.47. The topological polar surface area (TPSA) is 63.8 Å². The van der Waals surface area contributed by atoms with Gasteiger partial charge < -0.3 is 11.1 Å². The van der Waals surface area contributed by atoms with Crippen molar-refractivity contribution in [3.63, 3.8) is 0 Å². The van der Waals surface area contributed by atoms with E-state index < -0.39 is 0 Å². The first kappa shape index (κ1) is 14.1. The Bertz CT molecular complexity index is 419. The number of hydrogen-bond acceptors (Lipinski definition) is 4. The van der Waals surface area contributed by atoms with E-state index in [-0.39, 0.29) is 0 Å². The van der Waals surface area contributed by atoms with Gasteiger partial charge >= 0.3 is 0 Å². The fourth-order valence-corrected chi connectivity index (χ4v) is 2.92. The third kappa shape index (κ3) is 3.37. The summed E-state index contributed by atoms with van der Waals surface area (Å²) in [5, 5.41) is 3.59. The van der Waals surface area contributed by atoms with Crippen molar-refractivity contribution < 1.29 is 0 Å². The molecule has 1 aromatic rings. The van der Waals surface area contributed by atoms with Crippen molar-refractivity contribution >= 4 is 11.6 Å². The van der Waals surface area contributed by atoms with Crippen LogP contribution < -0.4 is 11.1 Å². The Labute approximate surface area is 116 Å². The van der Waals surface area contributed by atoms with Crippen LogP contribution in [0.2, 0.25) is 0 Å². The summed E-state index contributed by atoms with van der Waals surface area (Å²) in [4.78, 5) is 8.50. The largest absolute Gasteiger partial charge is 0.383 e. The average molecular weight is 262 g/mol. The molecule has 3 atom stereocenters. The fraction of sp³-hybridized carbons (Fsp3) is 0.733. The highest BCUT2D eigenvalue weighted by molar-refractivity contribution is 5.55. The van der Waals surface area contributed by atoms with Crippen molar-refractivity contribution in [1.29, 1.82) is 0 Å². The van der Waals surface area contributed by atoms with Crippen LogP contribution in [0.5, 0.6) is 0 Å². The van der Waals surface area contributed by atoms with Crippen molar-refractivity contribution in [2.75, 3.05) is 11.1 Å². The molecule has 3 unspecified atom stereocenters. The van der Waals surface area contributed by atoms with Crippen LogP contribution in [0, 0.1) is 11.8 Å². The number of nitrogen functional groups attached to an aromatic ring is 1. The Morgan fingerprint density at radius 2 is 2.05 bits per heavy atom. The predicted molar refractivity (Wildman–Crippen MR) is 80.0 cm³/mol. The van der Waals surface area contributed by atoms with Gasteiger partial charge in [-0.25, -0.2) is 9.97 Å². The quantitative estimate of drug-likeness (QED) is 0.874. The summed E-state index contributed by atoms with van der Waals surface area (Å²) in [5.74, 6) is 3.18. The number of aromatic nitrogens is 2. The molecule has 1 aliphatic rings. The highest BCUT2D eigenvalue weighted by Crippen LogP contribution is 2.31. The Hall–Kier alpha value is -1.32. The van der Waals surface area contributed by atoms with Gasteiger partial charge in [-0.15, -0.1) is 0 Å². The number of rotatable bonds is 4. The molecule has 0 spiro atoms. The van der Waals surface area contributed by atoms with E-state index in [1.807, 2.05) is 0 Å². The monoisotopic (exact) mass is 262 g/mol. The van der Waals surface area contributed by atoms with E-state index >= 15 is 0 Å². The number of nitrogens with one attached hydrogen (secondary N) is 1. The Morgan fingerprint density at radius 1 is 1.26 bits per heavy atom. The molecule has 1 aliphatic carbocycles. The molecule has 0 saturated heterocycles. The molecule has 1 heterocycles. The van der Waals surface area contributed by atoms with Crippen LogP contribution in [-0.4, -0.2) is 16.0 Å². The van der Waals surface area contributed by atoms with E-state index in [0.29, 0.717) is 11.9 Å². The molecule has 1 saturated carbocycles. The molecular formula is C15H26N4.